The van der Waals surface area contributed by atoms with E-state index in [2.05, 4.69) is 40.0 Å². The molecule has 27 heavy (non-hydrogen) atoms. The highest BCUT2D eigenvalue weighted by Crippen LogP contribution is 2.32. The zero-order valence-electron chi connectivity index (χ0n) is 14.8. The van der Waals surface area contributed by atoms with Gasteiger partial charge in [-0.1, -0.05) is 18.2 Å². The quantitative estimate of drug-likeness (QED) is 0.350. The molecule has 4 aromatic rings. The smallest absolute Gasteiger partial charge is 0.266 e. The van der Waals surface area contributed by atoms with E-state index in [0.717, 1.165) is 26.9 Å². The van der Waals surface area contributed by atoms with Crippen LogP contribution in [0.15, 0.2) is 52.5 Å². The van der Waals surface area contributed by atoms with E-state index < -0.39 is 0 Å². The highest BCUT2D eigenvalue weighted by Gasteiger charge is 2.23. The summed E-state index contributed by atoms with van der Waals surface area (Å²) in [5.41, 5.74) is 0.820. The number of thiazole rings is 1. The minimum absolute atomic E-state index is 0.0813. The van der Waals surface area contributed by atoms with Gasteiger partial charge in [0.2, 0.25) is 0 Å². The fourth-order valence-electron chi connectivity index (χ4n) is 2.79. The van der Waals surface area contributed by atoms with Gasteiger partial charge < -0.3 is 4.90 Å². The molecule has 4 rings (SSSR count). The van der Waals surface area contributed by atoms with Gasteiger partial charge >= 0.3 is 0 Å². The van der Waals surface area contributed by atoms with Crippen LogP contribution in [0, 0.1) is 6.92 Å². The predicted octanol–water partition coefficient (Wildman–Crippen LogP) is 6.19. The summed E-state index contributed by atoms with van der Waals surface area (Å²) in [7, 11) is 0. The molecule has 0 spiro atoms. The molecule has 0 aromatic carbocycles. The number of carbonyl (C=O) groups excluding carboxylic acids is 1. The summed E-state index contributed by atoms with van der Waals surface area (Å²) in [6, 6.07) is 12.4. The number of thiophene rings is 3. The van der Waals surface area contributed by atoms with Gasteiger partial charge in [-0.15, -0.1) is 45.3 Å². The molecule has 0 aliphatic rings. The number of carbonyl (C=O) groups is 1. The number of aryl methyl sites for hydroxylation is 1. The Kier molecular flexibility index (Phi) is 5.83. The van der Waals surface area contributed by atoms with Crippen molar-refractivity contribution >= 4 is 51.3 Å². The lowest BCUT2D eigenvalue weighted by atomic mass is 10.2. The number of aromatic nitrogens is 1. The molecule has 7 heteroatoms. The van der Waals surface area contributed by atoms with E-state index in [1.165, 1.54) is 21.1 Å². The Hall–Kier alpha value is -1.80. The zero-order chi connectivity index (χ0) is 18.6. The molecule has 0 bridgehead atoms. The van der Waals surface area contributed by atoms with Crippen molar-refractivity contribution < 1.29 is 4.79 Å². The van der Waals surface area contributed by atoms with Gasteiger partial charge in [-0.05, 0) is 47.7 Å². The van der Waals surface area contributed by atoms with Gasteiger partial charge in [-0.25, -0.2) is 4.98 Å². The van der Waals surface area contributed by atoms with Crippen LogP contribution in [0.25, 0.3) is 9.88 Å². The van der Waals surface area contributed by atoms with Crippen LogP contribution in [0.5, 0.6) is 0 Å². The number of hydrogen-bond donors (Lipinski definition) is 0. The van der Waals surface area contributed by atoms with E-state index in [-0.39, 0.29) is 5.91 Å². The van der Waals surface area contributed by atoms with Gasteiger partial charge in [0.25, 0.3) is 5.91 Å². The van der Waals surface area contributed by atoms with Crippen LogP contribution in [-0.4, -0.2) is 22.3 Å². The van der Waals surface area contributed by atoms with Crippen LogP contribution in [0.1, 0.15) is 25.1 Å². The minimum Gasteiger partial charge on any atom is -0.332 e. The first kappa shape index (κ1) is 18.6. The normalized spacial score (nSPS) is 11.0. The first-order valence-corrected chi connectivity index (χ1v) is 12.0. The number of nitrogens with zero attached hydrogens (tertiary/aromatic N) is 2. The van der Waals surface area contributed by atoms with E-state index in [9.17, 15) is 4.79 Å². The average Bonchev–Trinajstić information content (AvgIpc) is 3.46. The lowest BCUT2D eigenvalue weighted by Gasteiger charge is -2.21. The topological polar surface area (TPSA) is 33.2 Å². The molecular formula is C20H18N2OS4. The maximum Gasteiger partial charge on any atom is 0.266 e. The lowest BCUT2D eigenvalue weighted by molar-refractivity contribution is 0.0751. The predicted molar refractivity (Wildman–Crippen MR) is 117 cm³/mol. The second kappa shape index (κ2) is 8.48. The largest absolute Gasteiger partial charge is 0.332 e. The highest BCUT2D eigenvalue weighted by molar-refractivity contribution is 7.22. The standard InChI is InChI=1S/C20H18N2OS4/c1-14-18(27-19(21-14)17-7-4-12-26-17)20(23)22(13-16-6-3-11-25-16)9-8-15-5-2-10-24-15/h2-7,10-12H,8-9,13H2,1H3. The number of hydrogen-bond acceptors (Lipinski definition) is 6. The second-order valence-electron chi connectivity index (χ2n) is 6.05. The van der Waals surface area contributed by atoms with Crippen molar-refractivity contribution in [3.63, 3.8) is 0 Å². The van der Waals surface area contributed by atoms with Crippen molar-refractivity contribution in [2.45, 2.75) is 19.9 Å². The molecule has 0 radical (unpaired) electrons. The lowest BCUT2D eigenvalue weighted by Crippen LogP contribution is -2.32. The van der Waals surface area contributed by atoms with Crippen molar-refractivity contribution in [2.75, 3.05) is 6.54 Å². The maximum atomic E-state index is 13.3. The first-order chi connectivity index (χ1) is 13.2. The Morgan fingerprint density at radius 2 is 1.70 bits per heavy atom. The number of rotatable bonds is 7. The van der Waals surface area contributed by atoms with Gasteiger partial charge in [-0.2, -0.15) is 0 Å². The van der Waals surface area contributed by atoms with E-state index in [1.807, 2.05) is 29.3 Å². The molecule has 0 N–H and O–H groups in total. The molecule has 0 saturated carbocycles. The van der Waals surface area contributed by atoms with Crippen LogP contribution in [0.3, 0.4) is 0 Å². The third-order valence-electron chi connectivity index (χ3n) is 4.15. The summed E-state index contributed by atoms with van der Waals surface area (Å²) in [6.45, 7) is 3.29. The maximum absolute atomic E-state index is 13.3. The Balaban J connectivity index is 1.57. The summed E-state index contributed by atoms with van der Waals surface area (Å²) in [6.07, 6.45) is 0.879. The molecule has 0 aliphatic heterocycles. The Morgan fingerprint density at radius 3 is 2.37 bits per heavy atom. The van der Waals surface area contributed by atoms with Crippen LogP contribution in [0.4, 0.5) is 0 Å². The Bertz CT molecular complexity index is 985. The minimum atomic E-state index is 0.0813. The molecule has 0 atom stereocenters. The van der Waals surface area contributed by atoms with Crippen LogP contribution in [0.2, 0.25) is 0 Å². The molecule has 138 valence electrons. The first-order valence-electron chi connectivity index (χ1n) is 8.56. The monoisotopic (exact) mass is 430 g/mol. The molecule has 0 aliphatic carbocycles. The molecule has 3 nitrogen and oxygen atoms in total. The van der Waals surface area contributed by atoms with Gasteiger partial charge in [0.1, 0.15) is 9.88 Å². The van der Waals surface area contributed by atoms with Crippen molar-refractivity contribution in [3.8, 4) is 9.88 Å². The Morgan fingerprint density at radius 1 is 1.00 bits per heavy atom. The van der Waals surface area contributed by atoms with Gasteiger partial charge in [0.15, 0.2) is 0 Å². The molecule has 4 heterocycles. The summed E-state index contributed by atoms with van der Waals surface area (Å²) < 4.78 is 0. The summed E-state index contributed by atoms with van der Waals surface area (Å²) in [5.74, 6) is 0.0813. The van der Waals surface area contributed by atoms with E-state index in [1.54, 1.807) is 34.0 Å². The summed E-state index contributed by atoms with van der Waals surface area (Å²) in [4.78, 5) is 24.3. The van der Waals surface area contributed by atoms with Gasteiger partial charge in [0, 0.05) is 16.3 Å². The third-order valence-corrected chi connectivity index (χ3v) is 8.13. The summed E-state index contributed by atoms with van der Waals surface area (Å²) in [5, 5.41) is 7.11. The molecule has 0 unspecified atom stereocenters. The van der Waals surface area contributed by atoms with Gasteiger partial charge in [0.05, 0.1) is 17.1 Å². The van der Waals surface area contributed by atoms with Gasteiger partial charge in [-0.3, -0.25) is 4.79 Å². The van der Waals surface area contributed by atoms with Crippen LogP contribution < -0.4 is 0 Å². The molecule has 0 saturated heterocycles. The van der Waals surface area contributed by atoms with E-state index >= 15 is 0 Å². The van der Waals surface area contributed by atoms with Crippen molar-refractivity contribution in [1.82, 2.24) is 9.88 Å². The summed E-state index contributed by atoms with van der Waals surface area (Å²) >= 11 is 6.60. The fraction of sp³-hybridized carbons (Fsp3) is 0.200. The number of amides is 1. The van der Waals surface area contributed by atoms with Crippen LogP contribution in [-0.2, 0) is 13.0 Å². The van der Waals surface area contributed by atoms with E-state index in [4.69, 9.17) is 0 Å². The van der Waals surface area contributed by atoms with E-state index in [0.29, 0.717) is 13.1 Å². The van der Waals surface area contributed by atoms with Crippen LogP contribution >= 0.6 is 45.3 Å². The zero-order valence-corrected chi connectivity index (χ0v) is 18.0. The Labute approximate surface area is 174 Å². The SMILES string of the molecule is Cc1nc(-c2cccs2)sc1C(=O)N(CCc1cccs1)Cc1cccs1. The van der Waals surface area contributed by atoms with Crippen molar-refractivity contribution in [2.24, 2.45) is 0 Å². The average molecular weight is 431 g/mol. The molecule has 1 amide bonds. The third kappa shape index (κ3) is 4.38. The molecular weight excluding hydrogens is 413 g/mol. The molecule has 4 aromatic heterocycles. The highest BCUT2D eigenvalue weighted by atomic mass is 32.1. The van der Waals surface area contributed by atoms with Crippen molar-refractivity contribution in [1.29, 1.82) is 0 Å². The fourth-order valence-corrected chi connectivity index (χ4v) is 6.04. The second-order valence-corrected chi connectivity index (χ2v) is 10.1. The van der Waals surface area contributed by atoms with Crippen molar-refractivity contribution in [3.05, 3.63) is 72.9 Å². The molecule has 0 fully saturated rings.